The maximum Gasteiger partial charge on any atom is 0.328 e. The number of amides is 1. The van der Waals surface area contributed by atoms with Gasteiger partial charge in [-0.1, -0.05) is 13.3 Å². The SMILES string of the molecule is CCC(NC(=O)C1CCC1)C(=O)OC. The topological polar surface area (TPSA) is 55.4 Å². The highest BCUT2D eigenvalue weighted by Gasteiger charge is 2.28. The Morgan fingerprint density at radius 2 is 2.14 bits per heavy atom. The molecule has 4 nitrogen and oxygen atoms in total. The van der Waals surface area contributed by atoms with Crippen LogP contribution in [0.25, 0.3) is 0 Å². The van der Waals surface area contributed by atoms with Crippen LogP contribution in [-0.4, -0.2) is 25.0 Å². The van der Waals surface area contributed by atoms with Gasteiger partial charge in [0.2, 0.25) is 5.91 Å². The molecular formula is C10H17NO3. The molecule has 0 radical (unpaired) electrons. The Morgan fingerprint density at radius 1 is 1.50 bits per heavy atom. The molecule has 0 aromatic carbocycles. The molecule has 4 heteroatoms. The lowest BCUT2D eigenvalue weighted by atomic mass is 9.84. The molecule has 0 aromatic heterocycles. The lowest BCUT2D eigenvalue weighted by Crippen LogP contribution is -2.45. The first kappa shape index (κ1) is 11.0. The summed E-state index contributed by atoms with van der Waals surface area (Å²) in [6, 6.07) is -0.479. The first-order valence-corrected chi connectivity index (χ1v) is 5.07. The van der Waals surface area contributed by atoms with Crippen LogP contribution in [0.5, 0.6) is 0 Å². The molecular weight excluding hydrogens is 182 g/mol. The third kappa shape index (κ3) is 2.47. The Hall–Kier alpha value is -1.06. The maximum absolute atomic E-state index is 11.5. The largest absolute Gasteiger partial charge is 0.467 e. The minimum atomic E-state index is -0.479. The minimum absolute atomic E-state index is 0.00602. The highest BCUT2D eigenvalue weighted by atomic mass is 16.5. The zero-order chi connectivity index (χ0) is 10.6. The standard InChI is InChI=1S/C10H17NO3/c1-3-8(10(13)14-2)11-9(12)7-5-4-6-7/h7-8H,3-6H2,1-2H3,(H,11,12). The van der Waals surface area contributed by atoms with Crippen LogP contribution in [0.3, 0.4) is 0 Å². The molecule has 0 heterocycles. The molecule has 1 unspecified atom stereocenters. The summed E-state index contributed by atoms with van der Waals surface area (Å²) in [5, 5.41) is 2.71. The molecule has 1 N–H and O–H groups in total. The summed E-state index contributed by atoms with van der Waals surface area (Å²) in [6.45, 7) is 1.85. The van der Waals surface area contributed by atoms with E-state index in [0.29, 0.717) is 6.42 Å². The quantitative estimate of drug-likeness (QED) is 0.683. The van der Waals surface area contributed by atoms with E-state index >= 15 is 0 Å². The van der Waals surface area contributed by atoms with Gasteiger partial charge in [-0.15, -0.1) is 0 Å². The number of methoxy groups -OCH3 is 1. The van der Waals surface area contributed by atoms with Crippen LogP contribution in [0.4, 0.5) is 0 Å². The van der Waals surface area contributed by atoms with Gasteiger partial charge in [0.1, 0.15) is 6.04 Å². The lowest BCUT2D eigenvalue weighted by molar-refractivity contribution is -0.146. The number of carbonyl (C=O) groups is 2. The van der Waals surface area contributed by atoms with E-state index in [2.05, 4.69) is 10.1 Å². The molecule has 0 saturated heterocycles. The fraction of sp³-hybridized carbons (Fsp3) is 0.800. The molecule has 1 saturated carbocycles. The van der Waals surface area contributed by atoms with Crippen molar-refractivity contribution >= 4 is 11.9 Å². The van der Waals surface area contributed by atoms with E-state index in [1.54, 1.807) is 0 Å². The average molecular weight is 199 g/mol. The number of nitrogens with one attached hydrogen (secondary N) is 1. The van der Waals surface area contributed by atoms with Gasteiger partial charge >= 0.3 is 5.97 Å². The van der Waals surface area contributed by atoms with Crippen LogP contribution < -0.4 is 5.32 Å². The van der Waals surface area contributed by atoms with Gasteiger partial charge in [-0.2, -0.15) is 0 Å². The summed E-state index contributed by atoms with van der Waals surface area (Å²) in [5.74, 6) is -0.248. The molecule has 1 aliphatic carbocycles. The van der Waals surface area contributed by atoms with Crippen molar-refractivity contribution in [3.63, 3.8) is 0 Å². The van der Waals surface area contributed by atoms with Crippen molar-refractivity contribution in [1.29, 1.82) is 0 Å². The van der Waals surface area contributed by atoms with Crippen LogP contribution >= 0.6 is 0 Å². The van der Waals surface area contributed by atoms with Gasteiger partial charge in [0.05, 0.1) is 7.11 Å². The van der Waals surface area contributed by atoms with Crippen molar-refractivity contribution in [3.05, 3.63) is 0 Å². The van der Waals surface area contributed by atoms with Gasteiger partial charge in [-0.05, 0) is 19.3 Å². The number of ether oxygens (including phenoxy) is 1. The summed E-state index contributed by atoms with van der Waals surface area (Å²) in [6.07, 6.45) is 3.59. The second kappa shape index (κ2) is 4.98. The predicted octanol–water partition coefficient (Wildman–Crippen LogP) is 0.854. The van der Waals surface area contributed by atoms with E-state index in [9.17, 15) is 9.59 Å². The maximum atomic E-state index is 11.5. The Labute approximate surface area is 84.0 Å². The Morgan fingerprint density at radius 3 is 2.50 bits per heavy atom. The van der Waals surface area contributed by atoms with E-state index in [4.69, 9.17) is 0 Å². The van der Waals surface area contributed by atoms with Crippen molar-refractivity contribution in [2.45, 2.75) is 38.6 Å². The fourth-order valence-electron chi connectivity index (χ4n) is 1.43. The van der Waals surface area contributed by atoms with Crippen LogP contribution in [0.15, 0.2) is 0 Å². The van der Waals surface area contributed by atoms with Crippen molar-refractivity contribution in [2.24, 2.45) is 5.92 Å². The van der Waals surface area contributed by atoms with Gasteiger partial charge in [-0.3, -0.25) is 4.79 Å². The van der Waals surface area contributed by atoms with E-state index in [-0.39, 0.29) is 17.8 Å². The third-order valence-electron chi connectivity index (χ3n) is 2.69. The first-order valence-electron chi connectivity index (χ1n) is 5.07. The smallest absolute Gasteiger partial charge is 0.328 e. The van der Waals surface area contributed by atoms with E-state index < -0.39 is 6.04 Å². The number of hydrogen-bond acceptors (Lipinski definition) is 3. The number of esters is 1. The molecule has 1 aliphatic rings. The van der Waals surface area contributed by atoms with Crippen LogP contribution in [0.2, 0.25) is 0 Å². The van der Waals surface area contributed by atoms with Crippen molar-refractivity contribution in [1.82, 2.24) is 5.32 Å². The zero-order valence-electron chi connectivity index (χ0n) is 8.71. The first-order chi connectivity index (χ1) is 6.69. The molecule has 1 amide bonds. The summed E-state index contributed by atoms with van der Waals surface area (Å²) >= 11 is 0. The second-order valence-electron chi connectivity index (χ2n) is 3.62. The van der Waals surface area contributed by atoms with E-state index in [1.807, 2.05) is 6.92 Å². The third-order valence-corrected chi connectivity index (χ3v) is 2.69. The number of rotatable bonds is 4. The van der Waals surface area contributed by atoms with Crippen LogP contribution in [-0.2, 0) is 14.3 Å². The van der Waals surface area contributed by atoms with Crippen LogP contribution in [0.1, 0.15) is 32.6 Å². The molecule has 80 valence electrons. The van der Waals surface area contributed by atoms with Gasteiger partial charge in [0.15, 0.2) is 0 Å². The fourth-order valence-corrected chi connectivity index (χ4v) is 1.43. The number of carbonyl (C=O) groups excluding carboxylic acids is 2. The molecule has 0 spiro atoms. The molecule has 0 aliphatic heterocycles. The molecule has 1 rings (SSSR count). The Kier molecular flexibility index (Phi) is 3.92. The summed E-state index contributed by atoms with van der Waals surface area (Å²) in [5.41, 5.74) is 0. The molecule has 0 bridgehead atoms. The molecule has 0 aromatic rings. The summed E-state index contributed by atoms with van der Waals surface area (Å²) in [4.78, 5) is 22.7. The predicted molar refractivity (Wildman–Crippen MR) is 51.6 cm³/mol. The van der Waals surface area contributed by atoms with E-state index in [1.165, 1.54) is 7.11 Å². The van der Waals surface area contributed by atoms with Gasteiger partial charge in [0.25, 0.3) is 0 Å². The summed E-state index contributed by atoms with van der Waals surface area (Å²) < 4.78 is 4.58. The van der Waals surface area contributed by atoms with Crippen molar-refractivity contribution in [3.8, 4) is 0 Å². The monoisotopic (exact) mass is 199 g/mol. The van der Waals surface area contributed by atoms with Crippen LogP contribution in [0, 0.1) is 5.92 Å². The van der Waals surface area contributed by atoms with Gasteiger partial charge < -0.3 is 10.1 Å². The highest BCUT2D eigenvalue weighted by Crippen LogP contribution is 2.26. The van der Waals surface area contributed by atoms with Crippen molar-refractivity contribution < 1.29 is 14.3 Å². The normalized spacial score (nSPS) is 18.1. The second-order valence-corrected chi connectivity index (χ2v) is 3.62. The highest BCUT2D eigenvalue weighted by molar-refractivity contribution is 5.86. The number of hydrogen-bond donors (Lipinski definition) is 1. The molecule has 14 heavy (non-hydrogen) atoms. The molecule has 1 fully saturated rings. The zero-order valence-corrected chi connectivity index (χ0v) is 8.71. The van der Waals surface area contributed by atoms with Gasteiger partial charge in [-0.25, -0.2) is 4.79 Å². The lowest BCUT2D eigenvalue weighted by Gasteiger charge is -2.26. The Bertz CT molecular complexity index is 223. The van der Waals surface area contributed by atoms with E-state index in [0.717, 1.165) is 19.3 Å². The summed E-state index contributed by atoms with van der Waals surface area (Å²) in [7, 11) is 1.33. The van der Waals surface area contributed by atoms with Crippen molar-refractivity contribution in [2.75, 3.05) is 7.11 Å². The minimum Gasteiger partial charge on any atom is -0.467 e. The van der Waals surface area contributed by atoms with Gasteiger partial charge in [0, 0.05) is 5.92 Å². The molecule has 1 atom stereocenters. The Balaban J connectivity index is 2.38. The average Bonchev–Trinajstić information content (AvgIpc) is 2.10.